The normalized spacial score (nSPS) is 26.5. The number of hydrogen-bond acceptors (Lipinski definition) is 3. The van der Waals surface area contributed by atoms with Crippen LogP contribution in [0.3, 0.4) is 0 Å². The molecule has 1 saturated carbocycles. The lowest BCUT2D eigenvalue weighted by Crippen LogP contribution is -2.37. The van der Waals surface area contributed by atoms with E-state index < -0.39 is 0 Å². The first-order valence-corrected chi connectivity index (χ1v) is 6.90. The Kier molecular flexibility index (Phi) is 3.59. The molecule has 0 radical (unpaired) electrons. The highest BCUT2D eigenvalue weighted by atomic mass is 79.9. The van der Waals surface area contributed by atoms with Crippen molar-refractivity contribution in [2.24, 2.45) is 11.7 Å². The van der Waals surface area contributed by atoms with Crippen LogP contribution < -0.4 is 5.73 Å². The Hall–Kier alpha value is -0.190. The van der Waals surface area contributed by atoms with Crippen LogP contribution in [0, 0.1) is 5.92 Å². The van der Waals surface area contributed by atoms with Crippen LogP contribution in [0.25, 0.3) is 0 Å². The summed E-state index contributed by atoms with van der Waals surface area (Å²) >= 11 is 4.90. The molecule has 1 aromatic heterocycles. The van der Waals surface area contributed by atoms with Crippen molar-refractivity contribution in [3.05, 3.63) is 20.8 Å². The van der Waals surface area contributed by atoms with Gasteiger partial charge >= 0.3 is 0 Å². The Morgan fingerprint density at radius 2 is 2.20 bits per heavy atom. The molecule has 4 heteroatoms. The maximum atomic E-state index is 12.2. The molecule has 2 atom stereocenters. The van der Waals surface area contributed by atoms with Gasteiger partial charge in [-0.05, 0) is 40.2 Å². The fourth-order valence-electron chi connectivity index (χ4n) is 2.12. The van der Waals surface area contributed by atoms with Gasteiger partial charge in [0.05, 0.1) is 4.88 Å². The molecule has 1 aliphatic carbocycles. The topological polar surface area (TPSA) is 43.1 Å². The van der Waals surface area contributed by atoms with Crippen molar-refractivity contribution in [2.45, 2.75) is 31.7 Å². The summed E-state index contributed by atoms with van der Waals surface area (Å²) in [7, 11) is 0. The van der Waals surface area contributed by atoms with Gasteiger partial charge in [0.2, 0.25) is 0 Å². The van der Waals surface area contributed by atoms with Crippen LogP contribution in [-0.2, 0) is 0 Å². The SMILES string of the molecule is NC1CCCCC1C(=O)c1sccc1Br. The molecule has 1 aliphatic rings. The minimum absolute atomic E-state index is 0.0358. The first-order valence-electron chi connectivity index (χ1n) is 5.23. The monoisotopic (exact) mass is 287 g/mol. The summed E-state index contributed by atoms with van der Waals surface area (Å²) in [5.41, 5.74) is 6.00. The largest absolute Gasteiger partial charge is 0.327 e. The number of ketones is 1. The van der Waals surface area contributed by atoms with Crippen LogP contribution in [0.4, 0.5) is 0 Å². The van der Waals surface area contributed by atoms with Crippen LogP contribution in [0.2, 0.25) is 0 Å². The van der Waals surface area contributed by atoms with E-state index in [0.717, 1.165) is 35.0 Å². The predicted molar refractivity (Wildman–Crippen MR) is 66.3 cm³/mol. The molecule has 82 valence electrons. The van der Waals surface area contributed by atoms with Crippen LogP contribution >= 0.6 is 27.3 Å². The average molecular weight is 288 g/mol. The lowest BCUT2D eigenvalue weighted by molar-refractivity contribution is 0.0874. The van der Waals surface area contributed by atoms with Crippen molar-refractivity contribution in [3.8, 4) is 0 Å². The fraction of sp³-hybridized carbons (Fsp3) is 0.545. The van der Waals surface area contributed by atoms with E-state index in [0.29, 0.717) is 0 Å². The van der Waals surface area contributed by atoms with E-state index in [1.165, 1.54) is 11.3 Å². The molecular weight excluding hydrogens is 274 g/mol. The van der Waals surface area contributed by atoms with Crippen LogP contribution in [-0.4, -0.2) is 11.8 Å². The van der Waals surface area contributed by atoms with Gasteiger partial charge in [-0.3, -0.25) is 4.79 Å². The van der Waals surface area contributed by atoms with Crippen molar-refractivity contribution in [1.29, 1.82) is 0 Å². The summed E-state index contributed by atoms with van der Waals surface area (Å²) in [6.45, 7) is 0. The average Bonchev–Trinajstić information content (AvgIpc) is 2.64. The Labute approximate surface area is 102 Å². The van der Waals surface area contributed by atoms with Gasteiger partial charge in [-0.1, -0.05) is 12.8 Å². The first-order chi connectivity index (χ1) is 7.20. The molecule has 0 amide bonds. The number of halogens is 1. The fourth-order valence-corrected chi connectivity index (χ4v) is 3.69. The summed E-state index contributed by atoms with van der Waals surface area (Å²) < 4.78 is 0.912. The highest BCUT2D eigenvalue weighted by molar-refractivity contribution is 9.10. The Bertz CT molecular complexity index is 363. The van der Waals surface area contributed by atoms with E-state index in [-0.39, 0.29) is 17.7 Å². The zero-order valence-corrected chi connectivity index (χ0v) is 10.8. The molecule has 0 aromatic carbocycles. The van der Waals surface area contributed by atoms with E-state index in [4.69, 9.17) is 5.73 Å². The summed E-state index contributed by atoms with van der Waals surface area (Å²) in [6.07, 6.45) is 4.23. The lowest BCUT2D eigenvalue weighted by atomic mass is 9.82. The molecule has 0 aliphatic heterocycles. The molecule has 2 nitrogen and oxygen atoms in total. The number of hydrogen-bond donors (Lipinski definition) is 1. The number of rotatable bonds is 2. The van der Waals surface area contributed by atoms with Crippen LogP contribution in [0.5, 0.6) is 0 Å². The van der Waals surface area contributed by atoms with Gasteiger partial charge in [-0.15, -0.1) is 11.3 Å². The summed E-state index contributed by atoms with van der Waals surface area (Å²) in [5.74, 6) is 0.262. The molecule has 0 saturated heterocycles. The molecule has 1 fully saturated rings. The second-order valence-electron chi connectivity index (χ2n) is 4.02. The quantitative estimate of drug-likeness (QED) is 0.849. The minimum atomic E-state index is 0.0358. The van der Waals surface area contributed by atoms with Crippen molar-refractivity contribution in [2.75, 3.05) is 0 Å². The second kappa shape index (κ2) is 4.76. The second-order valence-corrected chi connectivity index (χ2v) is 5.79. The number of thiophene rings is 1. The maximum absolute atomic E-state index is 12.2. The molecule has 2 N–H and O–H groups in total. The van der Waals surface area contributed by atoms with Crippen molar-refractivity contribution >= 4 is 33.0 Å². The molecule has 2 unspecified atom stereocenters. The number of carbonyl (C=O) groups excluding carboxylic acids is 1. The van der Waals surface area contributed by atoms with Gasteiger partial charge in [0.25, 0.3) is 0 Å². The molecule has 0 bridgehead atoms. The standard InChI is InChI=1S/C11H14BrNOS/c12-8-5-6-15-11(8)10(14)7-3-1-2-4-9(7)13/h5-7,9H,1-4,13H2. The van der Waals surface area contributed by atoms with E-state index in [1.807, 2.05) is 11.4 Å². The highest BCUT2D eigenvalue weighted by Gasteiger charge is 2.30. The van der Waals surface area contributed by atoms with Gasteiger partial charge in [0, 0.05) is 16.4 Å². The Morgan fingerprint density at radius 1 is 1.47 bits per heavy atom. The molecule has 0 spiro atoms. The van der Waals surface area contributed by atoms with Crippen molar-refractivity contribution < 1.29 is 4.79 Å². The zero-order chi connectivity index (χ0) is 10.8. The summed E-state index contributed by atoms with van der Waals surface area (Å²) in [4.78, 5) is 13.0. The van der Waals surface area contributed by atoms with E-state index in [1.54, 1.807) is 0 Å². The zero-order valence-electron chi connectivity index (χ0n) is 8.41. The van der Waals surface area contributed by atoms with Gasteiger partial charge in [-0.2, -0.15) is 0 Å². The van der Waals surface area contributed by atoms with Gasteiger partial charge in [-0.25, -0.2) is 0 Å². The van der Waals surface area contributed by atoms with Crippen molar-refractivity contribution in [1.82, 2.24) is 0 Å². The number of Topliss-reactive ketones (excluding diaryl/α,β-unsaturated/α-hetero) is 1. The third kappa shape index (κ3) is 2.32. The van der Waals surface area contributed by atoms with Gasteiger partial charge < -0.3 is 5.73 Å². The molecule has 15 heavy (non-hydrogen) atoms. The van der Waals surface area contributed by atoms with E-state index in [2.05, 4.69) is 15.9 Å². The van der Waals surface area contributed by atoms with Gasteiger partial charge in [0.15, 0.2) is 5.78 Å². The first kappa shape index (κ1) is 11.3. The van der Waals surface area contributed by atoms with Crippen molar-refractivity contribution in [3.63, 3.8) is 0 Å². The molecular formula is C11H14BrNOS. The summed E-state index contributed by atoms with van der Waals surface area (Å²) in [5, 5.41) is 1.94. The van der Waals surface area contributed by atoms with Crippen LogP contribution in [0.1, 0.15) is 35.4 Å². The Balaban J connectivity index is 2.17. The van der Waals surface area contributed by atoms with E-state index >= 15 is 0 Å². The van der Waals surface area contributed by atoms with E-state index in [9.17, 15) is 4.79 Å². The third-order valence-corrected chi connectivity index (χ3v) is 4.85. The number of carbonyl (C=O) groups is 1. The minimum Gasteiger partial charge on any atom is -0.327 e. The summed E-state index contributed by atoms with van der Waals surface area (Å²) in [6, 6.07) is 1.98. The third-order valence-electron chi connectivity index (χ3n) is 3.00. The molecule has 1 heterocycles. The lowest BCUT2D eigenvalue weighted by Gasteiger charge is -2.26. The van der Waals surface area contributed by atoms with Gasteiger partial charge in [0.1, 0.15) is 0 Å². The smallest absolute Gasteiger partial charge is 0.178 e. The number of nitrogens with two attached hydrogens (primary N) is 1. The van der Waals surface area contributed by atoms with Crippen LogP contribution in [0.15, 0.2) is 15.9 Å². The molecule has 1 aromatic rings. The Morgan fingerprint density at radius 3 is 2.80 bits per heavy atom. The highest BCUT2D eigenvalue weighted by Crippen LogP contribution is 2.31. The molecule has 2 rings (SSSR count). The predicted octanol–water partition coefficient (Wildman–Crippen LogP) is 3.21. The maximum Gasteiger partial charge on any atom is 0.178 e.